The van der Waals surface area contributed by atoms with E-state index >= 15 is 0 Å². The first-order valence-electron chi connectivity index (χ1n) is 9.70. The molecule has 0 amide bonds. The van der Waals surface area contributed by atoms with Crippen molar-refractivity contribution >= 4 is 40.8 Å². The summed E-state index contributed by atoms with van der Waals surface area (Å²) < 4.78 is 5.54. The van der Waals surface area contributed by atoms with Gasteiger partial charge in [-0.05, 0) is 42.7 Å². The molecule has 5 nitrogen and oxygen atoms in total. The van der Waals surface area contributed by atoms with Crippen LogP contribution < -0.4 is 15.4 Å². The van der Waals surface area contributed by atoms with E-state index in [9.17, 15) is 0 Å². The van der Waals surface area contributed by atoms with Gasteiger partial charge in [0, 0.05) is 17.6 Å². The second-order valence-electron chi connectivity index (χ2n) is 6.85. The molecule has 154 valence electrons. The molecule has 6 heteroatoms. The average Bonchev–Trinajstić information content (AvgIpc) is 2.76. The number of aryl methyl sites for hydroxylation is 1. The highest BCUT2D eigenvalue weighted by Gasteiger charge is 2.12. The fourth-order valence-corrected chi connectivity index (χ4v) is 3.27. The van der Waals surface area contributed by atoms with Crippen LogP contribution in [0.15, 0.2) is 72.8 Å². The Balaban J connectivity index is 0.00000256. The van der Waals surface area contributed by atoms with Gasteiger partial charge < -0.3 is 15.4 Å². The predicted octanol–water partition coefficient (Wildman–Crippen LogP) is 5.77. The Bertz CT molecular complexity index is 1120. The molecule has 4 aromatic rings. The molecule has 0 radical (unpaired) electrons. The van der Waals surface area contributed by atoms with E-state index in [-0.39, 0.29) is 12.4 Å². The molecule has 0 atom stereocenters. The molecule has 0 aliphatic rings. The number of halogens is 1. The molecule has 0 unspecified atom stereocenters. The van der Waals surface area contributed by atoms with Gasteiger partial charge in [0.05, 0.1) is 7.11 Å². The van der Waals surface area contributed by atoms with Crippen LogP contribution in [0, 0.1) is 6.92 Å². The van der Waals surface area contributed by atoms with Gasteiger partial charge in [0.15, 0.2) is 0 Å². The van der Waals surface area contributed by atoms with Crippen molar-refractivity contribution in [2.24, 2.45) is 0 Å². The van der Waals surface area contributed by atoms with Crippen LogP contribution in [0.25, 0.3) is 10.9 Å². The lowest BCUT2D eigenvalue weighted by atomic mass is 10.1. The molecule has 0 saturated carbocycles. The highest BCUT2D eigenvalue weighted by Crippen LogP contribution is 2.31. The smallest absolute Gasteiger partial charge is 0.225 e. The number of hydrogen-bond acceptors (Lipinski definition) is 5. The molecule has 1 aromatic heterocycles. The van der Waals surface area contributed by atoms with Crippen molar-refractivity contribution in [3.05, 3.63) is 83.9 Å². The molecule has 0 fully saturated rings. The fraction of sp³-hybridized carbons (Fsp3) is 0.167. The van der Waals surface area contributed by atoms with Gasteiger partial charge in [-0.15, -0.1) is 12.4 Å². The van der Waals surface area contributed by atoms with Crippen molar-refractivity contribution in [3.8, 4) is 5.75 Å². The standard InChI is InChI=1S/C24H24N4O.ClH/c1-17-9-6-7-13-20(17)26-23-19-12-8-14-21(29-2)22(19)27-24(28-23)25-16-15-18-10-4-3-5-11-18;/h3-14H,15-16H2,1-2H3,(H2,25,26,27,28);1H. The minimum absolute atomic E-state index is 0. The monoisotopic (exact) mass is 420 g/mol. The van der Waals surface area contributed by atoms with Gasteiger partial charge in [-0.3, -0.25) is 0 Å². The number of aromatic nitrogens is 2. The summed E-state index contributed by atoms with van der Waals surface area (Å²) in [5.41, 5.74) is 4.23. The van der Waals surface area contributed by atoms with E-state index in [4.69, 9.17) is 14.7 Å². The van der Waals surface area contributed by atoms with Crippen molar-refractivity contribution in [2.75, 3.05) is 24.3 Å². The molecule has 2 N–H and O–H groups in total. The number of nitrogens with zero attached hydrogens (tertiary/aromatic N) is 2. The number of fused-ring (bicyclic) bond motifs is 1. The zero-order valence-corrected chi connectivity index (χ0v) is 17.9. The largest absolute Gasteiger partial charge is 0.494 e. The van der Waals surface area contributed by atoms with Crippen LogP contribution in [-0.4, -0.2) is 23.6 Å². The quantitative estimate of drug-likeness (QED) is 0.397. The number of para-hydroxylation sites is 2. The Labute approximate surface area is 182 Å². The van der Waals surface area contributed by atoms with Gasteiger partial charge in [0.25, 0.3) is 0 Å². The maximum Gasteiger partial charge on any atom is 0.225 e. The maximum atomic E-state index is 5.54. The summed E-state index contributed by atoms with van der Waals surface area (Å²) in [5.74, 6) is 2.06. The molecule has 0 spiro atoms. The third-order valence-corrected chi connectivity index (χ3v) is 4.85. The van der Waals surface area contributed by atoms with Crippen molar-refractivity contribution in [1.29, 1.82) is 0 Å². The first kappa shape index (κ1) is 21.4. The Kier molecular flexibility index (Phi) is 7.09. The SMILES string of the molecule is COc1cccc2c(Nc3ccccc3C)nc(NCCc3ccccc3)nc12.Cl. The van der Waals surface area contributed by atoms with Gasteiger partial charge >= 0.3 is 0 Å². The molecule has 4 rings (SSSR count). The van der Waals surface area contributed by atoms with Gasteiger partial charge in [0.2, 0.25) is 5.95 Å². The molecule has 0 bridgehead atoms. The summed E-state index contributed by atoms with van der Waals surface area (Å²) in [6.45, 7) is 2.82. The van der Waals surface area contributed by atoms with Crippen LogP contribution in [-0.2, 0) is 6.42 Å². The summed E-state index contributed by atoms with van der Waals surface area (Å²) in [6, 6.07) is 24.4. The summed E-state index contributed by atoms with van der Waals surface area (Å²) >= 11 is 0. The van der Waals surface area contributed by atoms with Crippen LogP contribution in [0.4, 0.5) is 17.5 Å². The summed E-state index contributed by atoms with van der Waals surface area (Å²) in [4.78, 5) is 9.47. The molecule has 1 heterocycles. The van der Waals surface area contributed by atoms with E-state index in [1.165, 1.54) is 5.56 Å². The first-order chi connectivity index (χ1) is 14.2. The zero-order chi connectivity index (χ0) is 20.1. The van der Waals surface area contributed by atoms with E-state index in [0.29, 0.717) is 5.95 Å². The predicted molar refractivity (Wildman–Crippen MR) is 126 cm³/mol. The van der Waals surface area contributed by atoms with E-state index < -0.39 is 0 Å². The van der Waals surface area contributed by atoms with Gasteiger partial charge in [-0.2, -0.15) is 4.98 Å². The lowest BCUT2D eigenvalue weighted by Gasteiger charge is -2.14. The number of ether oxygens (including phenoxy) is 1. The summed E-state index contributed by atoms with van der Waals surface area (Å²) in [6.07, 6.45) is 0.898. The van der Waals surface area contributed by atoms with Gasteiger partial charge in [0.1, 0.15) is 17.1 Å². The molecule has 0 aliphatic carbocycles. The third-order valence-electron chi connectivity index (χ3n) is 4.85. The lowest BCUT2D eigenvalue weighted by molar-refractivity contribution is 0.419. The van der Waals surface area contributed by atoms with Crippen molar-refractivity contribution in [3.63, 3.8) is 0 Å². The van der Waals surface area contributed by atoms with Crippen LogP contribution in [0.2, 0.25) is 0 Å². The van der Waals surface area contributed by atoms with E-state index in [1.807, 2.05) is 42.5 Å². The lowest BCUT2D eigenvalue weighted by Crippen LogP contribution is -2.10. The van der Waals surface area contributed by atoms with Crippen LogP contribution in [0.3, 0.4) is 0 Å². The van der Waals surface area contributed by atoms with Crippen LogP contribution in [0.1, 0.15) is 11.1 Å². The van der Waals surface area contributed by atoms with Gasteiger partial charge in [-0.1, -0.05) is 54.6 Å². The molecule has 0 saturated heterocycles. The second kappa shape index (κ2) is 9.94. The second-order valence-corrected chi connectivity index (χ2v) is 6.85. The molecule has 30 heavy (non-hydrogen) atoms. The first-order valence-corrected chi connectivity index (χ1v) is 9.70. The van der Waals surface area contributed by atoms with E-state index in [1.54, 1.807) is 7.11 Å². The number of anilines is 3. The number of hydrogen-bond donors (Lipinski definition) is 2. The Morgan fingerprint density at radius 1 is 0.867 bits per heavy atom. The normalized spacial score (nSPS) is 10.3. The zero-order valence-electron chi connectivity index (χ0n) is 17.1. The van der Waals surface area contributed by atoms with Crippen molar-refractivity contribution < 1.29 is 4.74 Å². The Hall–Kier alpha value is -3.31. The Morgan fingerprint density at radius 2 is 1.63 bits per heavy atom. The molecule has 3 aromatic carbocycles. The molecule has 0 aliphatic heterocycles. The minimum Gasteiger partial charge on any atom is -0.494 e. The maximum absolute atomic E-state index is 5.54. The number of rotatable bonds is 7. The summed E-state index contributed by atoms with van der Waals surface area (Å²) in [5, 5.41) is 7.75. The third kappa shape index (κ3) is 4.81. The van der Waals surface area contributed by atoms with Gasteiger partial charge in [-0.25, -0.2) is 4.98 Å². The van der Waals surface area contributed by atoms with E-state index in [0.717, 1.165) is 46.7 Å². The fourth-order valence-electron chi connectivity index (χ4n) is 3.27. The Morgan fingerprint density at radius 3 is 2.40 bits per heavy atom. The molecular formula is C24H25ClN4O. The topological polar surface area (TPSA) is 59.1 Å². The minimum atomic E-state index is 0. The molecular weight excluding hydrogens is 396 g/mol. The van der Waals surface area contributed by atoms with Crippen molar-refractivity contribution in [2.45, 2.75) is 13.3 Å². The van der Waals surface area contributed by atoms with E-state index in [2.05, 4.69) is 47.9 Å². The highest BCUT2D eigenvalue weighted by atomic mass is 35.5. The average molecular weight is 421 g/mol. The van der Waals surface area contributed by atoms with Crippen LogP contribution >= 0.6 is 12.4 Å². The number of methoxy groups -OCH3 is 1. The highest BCUT2D eigenvalue weighted by molar-refractivity contribution is 5.95. The number of benzene rings is 3. The van der Waals surface area contributed by atoms with Crippen molar-refractivity contribution in [1.82, 2.24) is 9.97 Å². The summed E-state index contributed by atoms with van der Waals surface area (Å²) in [7, 11) is 1.66. The number of nitrogens with one attached hydrogen (secondary N) is 2. The van der Waals surface area contributed by atoms with Crippen LogP contribution in [0.5, 0.6) is 5.75 Å².